The molecule has 6 nitrogen and oxygen atoms in total. The zero-order valence-corrected chi connectivity index (χ0v) is 14.8. The van der Waals surface area contributed by atoms with Crippen LogP contribution in [0, 0.1) is 0 Å². The van der Waals surface area contributed by atoms with Crippen molar-refractivity contribution >= 4 is 5.97 Å². The van der Waals surface area contributed by atoms with E-state index in [0.29, 0.717) is 29.2 Å². The van der Waals surface area contributed by atoms with Crippen molar-refractivity contribution in [2.75, 3.05) is 35.0 Å². The molecular formula is C19H22O6. The van der Waals surface area contributed by atoms with Gasteiger partial charge in [-0.05, 0) is 29.8 Å². The summed E-state index contributed by atoms with van der Waals surface area (Å²) in [5, 5.41) is 0. The lowest BCUT2D eigenvalue weighted by Gasteiger charge is -2.13. The molecule has 0 aliphatic heterocycles. The second-order valence-electron chi connectivity index (χ2n) is 5.15. The van der Waals surface area contributed by atoms with Gasteiger partial charge in [0.1, 0.15) is 5.75 Å². The fourth-order valence-corrected chi connectivity index (χ4v) is 2.34. The second-order valence-corrected chi connectivity index (χ2v) is 5.15. The lowest BCUT2D eigenvalue weighted by Crippen LogP contribution is -2.09. The van der Waals surface area contributed by atoms with Crippen molar-refractivity contribution in [2.45, 2.75) is 6.42 Å². The summed E-state index contributed by atoms with van der Waals surface area (Å²) in [6.07, 6.45) is 0.611. The Morgan fingerprint density at radius 2 is 1.44 bits per heavy atom. The Kier molecular flexibility index (Phi) is 6.51. The fraction of sp³-hybridized carbons (Fsp3) is 0.316. The quantitative estimate of drug-likeness (QED) is 0.685. The molecule has 0 N–H and O–H groups in total. The molecule has 25 heavy (non-hydrogen) atoms. The van der Waals surface area contributed by atoms with Crippen molar-refractivity contribution in [2.24, 2.45) is 0 Å². The van der Waals surface area contributed by atoms with Gasteiger partial charge in [-0.25, -0.2) is 4.79 Å². The zero-order chi connectivity index (χ0) is 18.2. The van der Waals surface area contributed by atoms with Crippen LogP contribution in [-0.2, 0) is 11.2 Å². The summed E-state index contributed by atoms with van der Waals surface area (Å²) in [5.41, 5.74) is 1.39. The maximum absolute atomic E-state index is 12.3. The molecule has 0 amide bonds. The molecule has 134 valence electrons. The van der Waals surface area contributed by atoms with E-state index in [9.17, 15) is 4.79 Å². The smallest absolute Gasteiger partial charge is 0.338 e. The molecule has 2 aromatic carbocycles. The molecule has 0 aliphatic rings. The minimum Gasteiger partial charge on any atom is -0.497 e. The Morgan fingerprint density at radius 3 is 1.92 bits per heavy atom. The van der Waals surface area contributed by atoms with Crippen molar-refractivity contribution in [3.05, 3.63) is 47.5 Å². The number of ether oxygens (including phenoxy) is 5. The van der Waals surface area contributed by atoms with Crippen LogP contribution in [0.15, 0.2) is 36.4 Å². The van der Waals surface area contributed by atoms with Gasteiger partial charge in [-0.2, -0.15) is 0 Å². The molecule has 0 atom stereocenters. The Labute approximate surface area is 147 Å². The molecule has 0 aromatic heterocycles. The van der Waals surface area contributed by atoms with Crippen molar-refractivity contribution in [3.8, 4) is 23.0 Å². The molecule has 2 aromatic rings. The molecule has 0 spiro atoms. The van der Waals surface area contributed by atoms with E-state index in [0.717, 1.165) is 11.3 Å². The van der Waals surface area contributed by atoms with Gasteiger partial charge in [0, 0.05) is 6.42 Å². The van der Waals surface area contributed by atoms with Crippen LogP contribution >= 0.6 is 0 Å². The second kappa shape index (κ2) is 8.82. The van der Waals surface area contributed by atoms with Gasteiger partial charge >= 0.3 is 5.97 Å². The Balaban J connectivity index is 2.02. The summed E-state index contributed by atoms with van der Waals surface area (Å²) in [7, 11) is 6.12. The molecule has 0 saturated carbocycles. The first-order chi connectivity index (χ1) is 12.1. The Morgan fingerprint density at radius 1 is 0.840 bits per heavy atom. The number of rotatable bonds is 8. The monoisotopic (exact) mass is 346 g/mol. The van der Waals surface area contributed by atoms with E-state index in [4.69, 9.17) is 23.7 Å². The third kappa shape index (κ3) is 4.56. The summed E-state index contributed by atoms with van der Waals surface area (Å²) < 4.78 is 26.2. The van der Waals surface area contributed by atoms with Gasteiger partial charge in [-0.15, -0.1) is 0 Å². The maximum Gasteiger partial charge on any atom is 0.338 e. The van der Waals surface area contributed by atoms with Crippen LogP contribution in [0.1, 0.15) is 15.9 Å². The van der Waals surface area contributed by atoms with Crippen LogP contribution < -0.4 is 18.9 Å². The normalized spacial score (nSPS) is 10.1. The number of carbonyl (C=O) groups is 1. The van der Waals surface area contributed by atoms with Crippen LogP contribution in [-0.4, -0.2) is 41.0 Å². The largest absolute Gasteiger partial charge is 0.497 e. The van der Waals surface area contributed by atoms with E-state index in [-0.39, 0.29) is 6.61 Å². The van der Waals surface area contributed by atoms with Crippen LogP contribution in [0.3, 0.4) is 0 Å². The fourth-order valence-electron chi connectivity index (χ4n) is 2.34. The molecular weight excluding hydrogens is 324 g/mol. The van der Waals surface area contributed by atoms with Crippen molar-refractivity contribution in [1.82, 2.24) is 0 Å². The molecule has 0 aliphatic carbocycles. The van der Waals surface area contributed by atoms with Gasteiger partial charge in [0.2, 0.25) is 5.75 Å². The number of methoxy groups -OCH3 is 4. The van der Waals surface area contributed by atoms with E-state index in [2.05, 4.69) is 0 Å². The standard InChI is InChI=1S/C19H22O6/c1-21-15-7-5-13(6-8-15)9-10-25-19(20)14-11-16(22-2)18(24-4)17(12-14)23-3/h5-8,11-12H,9-10H2,1-4H3. The van der Waals surface area contributed by atoms with E-state index in [1.165, 1.54) is 21.3 Å². The average Bonchev–Trinajstić information content (AvgIpc) is 2.67. The van der Waals surface area contributed by atoms with Crippen molar-refractivity contribution < 1.29 is 28.5 Å². The van der Waals surface area contributed by atoms with E-state index >= 15 is 0 Å². The predicted octanol–water partition coefficient (Wildman–Crippen LogP) is 3.12. The third-order valence-corrected chi connectivity index (χ3v) is 3.68. The highest BCUT2D eigenvalue weighted by atomic mass is 16.5. The molecule has 0 heterocycles. The Hall–Kier alpha value is -2.89. The minimum absolute atomic E-state index is 0.266. The van der Waals surface area contributed by atoms with Gasteiger partial charge in [-0.3, -0.25) is 0 Å². The zero-order valence-electron chi connectivity index (χ0n) is 14.8. The average molecular weight is 346 g/mol. The molecule has 6 heteroatoms. The van der Waals surface area contributed by atoms with Crippen LogP contribution in [0.4, 0.5) is 0 Å². The Bertz CT molecular complexity index is 683. The molecule has 2 rings (SSSR count). The van der Waals surface area contributed by atoms with E-state index in [1.807, 2.05) is 24.3 Å². The third-order valence-electron chi connectivity index (χ3n) is 3.68. The number of esters is 1. The molecule has 0 unspecified atom stereocenters. The van der Waals surface area contributed by atoms with Crippen LogP contribution in [0.2, 0.25) is 0 Å². The summed E-state index contributed by atoms with van der Waals surface area (Å²) in [4.78, 5) is 12.3. The van der Waals surface area contributed by atoms with Gasteiger partial charge in [0.15, 0.2) is 11.5 Å². The number of hydrogen-bond acceptors (Lipinski definition) is 6. The van der Waals surface area contributed by atoms with Crippen LogP contribution in [0.5, 0.6) is 23.0 Å². The van der Waals surface area contributed by atoms with Crippen LogP contribution in [0.25, 0.3) is 0 Å². The molecule has 0 fully saturated rings. The maximum atomic E-state index is 12.3. The lowest BCUT2D eigenvalue weighted by atomic mass is 10.1. The first kappa shape index (κ1) is 18.4. The molecule has 0 radical (unpaired) electrons. The van der Waals surface area contributed by atoms with Crippen molar-refractivity contribution in [3.63, 3.8) is 0 Å². The SMILES string of the molecule is COc1ccc(CCOC(=O)c2cc(OC)c(OC)c(OC)c2)cc1. The predicted molar refractivity (Wildman–Crippen MR) is 93.1 cm³/mol. The highest BCUT2D eigenvalue weighted by molar-refractivity contribution is 5.91. The highest BCUT2D eigenvalue weighted by Crippen LogP contribution is 2.38. The van der Waals surface area contributed by atoms with Crippen molar-refractivity contribution in [1.29, 1.82) is 0 Å². The minimum atomic E-state index is -0.451. The molecule has 0 saturated heterocycles. The molecule has 0 bridgehead atoms. The summed E-state index contributed by atoms with van der Waals surface area (Å²) in [5.74, 6) is 1.58. The topological polar surface area (TPSA) is 63.2 Å². The first-order valence-corrected chi connectivity index (χ1v) is 7.73. The van der Waals surface area contributed by atoms with Gasteiger partial charge in [0.25, 0.3) is 0 Å². The van der Waals surface area contributed by atoms with E-state index < -0.39 is 5.97 Å². The number of benzene rings is 2. The van der Waals surface area contributed by atoms with Gasteiger partial charge in [0.05, 0.1) is 40.6 Å². The summed E-state index contributed by atoms with van der Waals surface area (Å²) in [6.45, 7) is 0.266. The van der Waals surface area contributed by atoms with E-state index in [1.54, 1.807) is 19.2 Å². The van der Waals surface area contributed by atoms with Gasteiger partial charge in [-0.1, -0.05) is 12.1 Å². The summed E-state index contributed by atoms with van der Waals surface area (Å²) in [6, 6.07) is 10.7. The lowest BCUT2D eigenvalue weighted by molar-refractivity contribution is 0.0508. The van der Waals surface area contributed by atoms with Gasteiger partial charge < -0.3 is 23.7 Å². The number of hydrogen-bond donors (Lipinski definition) is 0. The number of carbonyl (C=O) groups excluding carboxylic acids is 1. The summed E-state index contributed by atoms with van der Waals surface area (Å²) >= 11 is 0. The highest BCUT2D eigenvalue weighted by Gasteiger charge is 2.17. The first-order valence-electron chi connectivity index (χ1n) is 7.73.